The highest BCUT2D eigenvalue weighted by molar-refractivity contribution is 7.19. The molecule has 1 aliphatic heterocycles. The summed E-state index contributed by atoms with van der Waals surface area (Å²) in [6.45, 7) is 3.26. The lowest BCUT2D eigenvalue weighted by Crippen LogP contribution is -2.38. The van der Waals surface area contributed by atoms with Crippen LogP contribution in [-0.2, 0) is 11.3 Å². The fraction of sp³-hybridized carbons (Fsp3) is 0.217. The first-order valence-corrected chi connectivity index (χ1v) is 11.7. The van der Waals surface area contributed by atoms with Crippen molar-refractivity contribution in [1.29, 1.82) is 0 Å². The first kappa shape index (κ1) is 19.2. The van der Waals surface area contributed by atoms with Gasteiger partial charge in [0.1, 0.15) is 5.82 Å². The molecule has 1 amide bonds. The summed E-state index contributed by atoms with van der Waals surface area (Å²) in [4.78, 5) is 21.2. The van der Waals surface area contributed by atoms with Gasteiger partial charge >= 0.3 is 0 Å². The zero-order valence-electron chi connectivity index (χ0n) is 16.3. The molecule has 5 nitrogen and oxygen atoms in total. The summed E-state index contributed by atoms with van der Waals surface area (Å²) in [7, 11) is 0. The van der Waals surface area contributed by atoms with Crippen molar-refractivity contribution >= 4 is 44.5 Å². The Bertz CT molecular complexity index is 1130. The van der Waals surface area contributed by atoms with Gasteiger partial charge in [0.25, 0.3) is 5.91 Å². The molecule has 0 spiro atoms. The number of fused-ring (bicyclic) bond motifs is 1. The van der Waals surface area contributed by atoms with Crippen LogP contribution in [0.3, 0.4) is 0 Å². The fourth-order valence-electron chi connectivity index (χ4n) is 3.60. The third-order valence-corrected chi connectivity index (χ3v) is 6.95. The van der Waals surface area contributed by atoms with Gasteiger partial charge in [-0.2, -0.15) is 11.3 Å². The fourth-order valence-corrected chi connectivity index (χ4v) is 5.25. The van der Waals surface area contributed by atoms with E-state index in [0.717, 1.165) is 35.0 Å². The Morgan fingerprint density at radius 2 is 2.00 bits per heavy atom. The molecule has 0 bridgehead atoms. The summed E-state index contributed by atoms with van der Waals surface area (Å²) >= 11 is 3.35. The standard InChI is InChI=1S/C23H21N3O2S2/c27-23(24-14-18-13-16-3-1-2-4-21(16)30-18)19-5-6-20(17-7-12-29-15-17)25-22(19)26-8-10-28-11-9-26/h1-7,12-13,15H,8-11,14H2,(H,24,27). The number of thiophene rings is 2. The second-order valence-corrected chi connectivity index (χ2v) is 9.06. The molecule has 0 radical (unpaired) electrons. The lowest BCUT2D eigenvalue weighted by Gasteiger charge is -2.29. The Kier molecular flexibility index (Phi) is 5.48. The average Bonchev–Trinajstić information content (AvgIpc) is 3.47. The number of amides is 1. The van der Waals surface area contributed by atoms with E-state index in [1.807, 2.05) is 29.6 Å². The van der Waals surface area contributed by atoms with Crippen molar-refractivity contribution in [2.75, 3.05) is 31.2 Å². The first-order valence-electron chi connectivity index (χ1n) is 9.90. The van der Waals surface area contributed by atoms with Crippen LogP contribution in [0.15, 0.2) is 59.3 Å². The molecule has 1 saturated heterocycles. The molecule has 5 rings (SSSR count). The van der Waals surface area contributed by atoms with E-state index in [9.17, 15) is 4.79 Å². The van der Waals surface area contributed by atoms with Crippen LogP contribution in [0, 0.1) is 0 Å². The van der Waals surface area contributed by atoms with Gasteiger partial charge in [-0.1, -0.05) is 18.2 Å². The molecule has 0 atom stereocenters. The van der Waals surface area contributed by atoms with E-state index in [-0.39, 0.29) is 5.91 Å². The Morgan fingerprint density at radius 1 is 1.13 bits per heavy atom. The number of nitrogens with zero attached hydrogens (tertiary/aromatic N) is 2. The van der Waals surface area contributed by atoms with E-state index in [1.54, 1.807) is 22.7 Å². The maximum atomic E-state index is 13.1. The zero-order valence-corrected chi connectivity index (χ0v) is 18.0. The molecule has 30 heavy (non-hydrogen) atoms. The van der Waals surface area contributed by atoms with Crippen LogP contribution in [0.4, 0.5) is 5.82 Å². The Balaban J connectivity index is 1.40. The Hall–Kier alpha value is -2.74. The van der Waals surface area contributed by atoms with Crippen LogP contribution in [0.1, 0.15) is 15.2 Å². The normalized spacial score (nSPS) is 14.2. The van der Waals surface area contributed by atoms with Crippen molar-refractivity contribution in [3.8, 4) is 11.3 Å². The van der Waals surface area contributed by atoms with E-state index in [2.05, 4.69) is 39.9 Å². The molecule has 0 aliphatic carbocycles. The number of anilines is 1. The predicted molar refractivity (Wildman–Crippen MR) is 124 cm³/mol. The van der Waals surface area contributed by atoms with Crippen LogP contribution in [0.25, 0.3) is 21.3 Å². The maximum Gasteiger partial charge on any atom is 0.255 e. The molecule has 152 valence electrons. The second-order valence-electron chi connectivity index (χ2n) is 7.11. The molecule has 0 unspecified atom stereocenters. The van der Waals surface area contributed by atoms with E-state index in [1.165, 1.54) is 10.1 Å². The molecule has 3 aromatic heterocycles. The number of hydrogen-bond acceptors (Lipinski definition) is 6. The number of pyridine rings is 1. The number of rotatable bonds is 5. The molecule has 4 aromatic rings. The van der Waals surface area contributed by atoms with Crippen LogP contribution in [0.2, 0.25) is 0 Å². The smallest absolute Gasteiger partial charge is 0.255 e. The van der Waals surface area contributed by atoms with Gasteiger partial charge in [-0.25, -0.2) is 4.98 Å². The monoisotopic (exact) mass is 435 g/mol. The molecule has 1 N–H and O–H groups in total. The van der Waals surface area contributed by atoms with Gasteiger partial charge in [0.05, 0.1) is 31.0 Å². The number of nitrogens with one attached hydrogen (secondary N) is 1. The summed E-state index contributed by atoms with van der Waals surface area (Å²) in [5.74, 6) is 0.633. The summed E-state index contributed by atoms with van der Waals surface area (Å²) in [6, 6.07) is 16.3. The third kappa shape index (κ3) is 3.96. The van der Waals surface area contributed by atoms with E-state index in [0.29, 0.717) is 25.3 Å². The van der Waals surface area contributed by atoms with E-state index >= 15 is 0 Å². The third-order valence-electron chi connectivity index (χ3n) is 5.15. The van der Waals surface area contributed by atoms with Gasteiger partial charge in [-0.3, -0.25) is 4.79 Å². The molecule has 1 aliphatic rings. The number of aromatic nitrogens is 1. The molecule has 1 aromatic carbocycles. The van der Waals surface area contributed by atoms with Crippen LogP contribution >= 0.6 is 22.7 Å². The van der Waals surface area contributed by atoms with E-state index in [4.69, 9.17) is 9.72 Å². The Morgan fingerprint density at radius 3 is 2.80 bits per heavy atom. The number of hydrogen-bond donors (Lipinski definition) is 1. The lowest BCUT2D eigenvalue weighted by atomic mass is 10.1. The van der Waals surface area contributed by atoms with Crippen LogP contribution in [0.5, 0.6) is 0 Å². The second kappa shape index (κ2) is 8.55. The topological polar surface area (TPSA) is 54.5 Å². The maximum absolute atomic E-state index is 13.1. The van der Waals surface area contributed by atoms with Gasteiger partial charge in [0, 0.05) is 33.6 Å². The zero-order chi connectivity index (χ0) is 20.3. The van der Waals surface area contributed by atoms with Crippen molar-refractivity contribution in [3.63, 3.8) is 0 Å². The summed E-state index contributed by atoms with van der Waals surface area (Å²) in [5.41, 5.74) is 2.57. The summed E-state index contributed by atoms with van der Waals surface area (Å²) in [5, 5.41) is 8.41. The molecular formula is C23H21N3O2S2. The van der Waals surface area contributed by atoms with Crippen molar-refractivity contribution < 1.29 is 9.53 Å². The van der Waals surface area contributed by atoms with Crippen molar-refractivity contribution in [2.45, 2.75) is 6.54 Å². The minimum atomic E-state index is -0.0988. The minimum absolute atomic E-state index is 0.0988. The first-order chi connectivity index (χ1) is 14.8. The van der Waals surface area contributed by atoms with Crippen molar-refractivity contribution in [1.82, 2.24) is 10.3 Å². The summed E-state index contributed by atoms with van der Waals surface area (Å²) < 4.78 is 6.73. The minimum Gasteiger partial charge on any atom is -0.378 e. The van der Waals surface area contributed by atoms with Crippen LogP contribution < -0.4 is 10.2 Å². The van der Waals surface area contributed by atoms with Crippen molar-refractivity contribution in [2.24, 2.45) is 0 Å². The molecule has 7 heteroatoms. The largest absolute Gasteiger partial charge is 0.378 e. The van der Waals surface area contributed by atoms with Gasteiger partial charge in [0.15, 0.2) is 0 Å². The molecule has 4 heterocycles. The highest BCUT2D eigenvalue weighted by Crippen LogP contribution is 2.28. The number of benzene rings is 1. The molecular weight excluding hydrogens is 414 g/mol. The number of carbonyl (C=O) groups excluding carboxylic acids is 1. The van der Waals surface area contributed by atoms with E-state index < -0.39 is 0 Å². The SMILES string of the molecule is O=C(NCc1cc2ccccc2s1)c1ccc(-c2ccsc2)nc1N1CCOCC1. The van der Waals surface area contributed by atoms with Crippen LogP contribution in [-0.4, -0.2) is 37.2 Å². The van der Waals surface area contributed by atoms with Gasteiger partial charge in [-0.15, -0.1) is 11.3 Å². The quantitative estimate of drug-likeness (QED) is 0.490. The Labute approximate surface area is 182 Å². The van der Waals surface area contributed by atoms with Crippen molar-refractivity contribution in [3.05, 3.63) is 69.7 Å². The highest BCUT2D eigenvalue weighted by atomic mass is 32.1. The summed E-state index contributed by atoms with van der Waals surface area (Å²) in [6.07, 6.45) is 0. The molecule has 0 saturated carbocycles. The number of carbonyl (C=O) groups is 1. The van der Waals surface area contributed by atoms with Gasteiger partial charge in [0.2, 0.25) is 0 Å². The van der Waals surface area contributed by atoms with Gasteiger partial charge < -0.3 is 15.0 Å². The predicted octanol–water partition coefficient (Wildman–Crippen LogP) is 4.79. The lowest BCUT2D eigenvalue weighted by molar-refractivity contribution is 0.0949. The number of morpholine rings is 1. The average molecular weight is 436 g/mol. The molecule has 1 fully saturated rings. The highest BCUT2D eigenvalue weighted by Gasteiger charge is 2.21. The van der Waals surface area contributed by atoms with Gasteiger partial charge in [-0.05, 0) is 41.1 Å². The number of ether oxygens (including phenoxy) is 1.